The van der Waals surface area contributed by atoms with E-state index in [1.54, 1.807) is 0 Å². The van der Waals surface area contributed by atoms with Gasteiger partial charge in [-0.1, -0.05) is 32.0 Å². The Morgan fingerprint density at radius 3 is 2.38 bits per heavy atom. The van der Waals surface area contributed by atoms with Crippen LogP contribution in [0.1, 0.15) is 61.9 Å². The van der Waals surface area contributed by atoms with Gasteiger partial charge in [0.1, 0.15) is 6.29 Å². The van der Waals surface area contributed by atoms with E-state index < -0.39 is 0 Å². The van der Waals surface area contributed by atoms with Gasteiger partial charge in [-0.3, -0.25) is 4.79 Å². The number of nitrogens with one attached hydrogen (secondary N) is 1. The summed E-state index contributed by atoms with van der Waals surface area (Å²) < 4.78 is 0. The third-order valence-electron chi connectivity index (χ3n) is 6.62. The zero-order chi connectivity index (χ0) is 16.9. The minimum Gasteiger partial charge on any atom is -0.321 e. The summed E-state index contributed by atoms with van der Waals surface area (Å²) in [6, 6.07) is 7.76. The fourth-order valence-electron chi connectivity index (χ4n) is 4.77. The third-order valence-corrected chi connectivity index (χ3v) is 6.62. The molecule has 3 heteroatoms. The fourth-order valence-corrected chi connectivity index (χ4v) is 4.77. The average molecular weight is 323 g/mol. The van der Waals surface area contributed by atoms with Crippen LogP contribution in [-0.4, -0.2) is 12.2 Å². The summed E-state index contributed by atoms with van der Waals surface area (Å²) in [5.74, 6) is 2.06. The van der Waals surface area contributed by atoms with Crippen LogP contribution >= 0.6 is 0 Å². The molecule has 4 aliphatic carbocycles. The lowest BCUT2D eigenvalue weighted by molar-refractivity contribution is -0.134. The molecule has 4 saturated carbocycles. The Morgan fingerprint density at radius 2 is 1.83 bits per heavy atom. The zero-order valence-corrected chi connectivity index (χ0v) is 14.5. The first-order valence-electron chi connectivity index (χ1n) is 9.10. The number of aldehydes is 1. The predicted octanol–water partition coefficient (Wildman–Crippen LogP) is 4.19. The van der Waals surface area contributed by atoms with Crippen molar-refractivity contribution in [3.05, 3.63) is 41.0 Å². The van der Waals surface area contributed by atoms with Gasteiger partial charge < -0.3 is 10.1 Å². The molecule has 0 saturated heterocycles. The minimum absolute atomic E-state index is 0.0463. The van der Waals surface area contributed by atoms with Crippen molar-refractivity contribution >= 4 is 17.9 Å². The van der Waals surface area contributed by atoms with Crippen LogP contribution in [0, 0.1) is 23.2 Å². The Morgan fingerprint density at radius 1 is 1.12 bits per heavy atom. The van der Waals surface area contributed by atoms with Gasteiger partial charge in [0.05, 0.1) is 0 Å². The number of carbonyl (C=O) groups excluding carboxylic acids is 2. The number of carbonyl (C=O) groups is 2. The molecule has 2 bridgehead atoms. The van der Waals surface area contributed by atoms with E-state index >= 15 is 0 Å². The molecule has 1 N–H and O–H groups in total. The van der Waals surface area contributed by atoms with Gasteiger partial charge in [-0.05, 0) is 61.0 Å². The molecule has 5 aliphatic rings. The van der Waals surface area contributed by atoms with E-state index in [4.69, 9.17) is 0 Å². The molecule has 1 unspecified atom stereocenters. The van der Waals surface area contributed by atoms with Crippen molar-refractivity contribution < 1.29 is 9.59 Å². The van der Waals surface area contributed by atoms with Crippen LogP contribution in [0.2, 0.25) is 0 Å². The normalized spacial score (nSPS) is 31.2. The van der Waals surface area contributed by atoms with Crippen LogP contribution in [-0.2, 0) is 4.79 Å². The van der Waals surface area contributed by atoms with Crippen LogP contribution in [0.15, 0.2) is 29.8 Å². The molecule has 1 aromatic carbocycles. The number of benzene rings is 1. The standard InChI is InChI=1S/C11H9NO.C10H16O/c13-11-9-4-2-1-3-8(9)10(12-11)7-5-6-7;1-10(2)8-4-3-7(6-11)9(10)5-8/h1-4H,5-6H2,(H,12,13);6-9H,3-5H2,1-2H3/t;7?,8-,9-/m.1/s1. The van der Waals surface area contributed by atoms with Crippen molar-refractivity contribution in [2.45, 2.75) is 46.0 Å². The number of allylic oxidation sites excluding steroid dienone is 1. The SMILES string of the molecule is CC1(C)[C@@H]2CCC(C=O)[C@H]1C2.O=C1NC(=C2CC2)c2ccccc21. The molecule has 1 aliphatic heterocycles. The first-order valence-corrected chi connectivity index (χ1v) is 9.10. The molecule has 126 valence electrons. The van der Waals surface area contributed by atoms with Gasteiger partial charge in [-0.15, -0.1) is 0 Å². The van der Waals surface area contributed by atoms with Crippen LogP contribution in [0.5, 0.6) is 0 Å². The lowest BCUT2D eigenvalue weighted by Crippen LogP contribution is -2.52. The summed E-state index contributed by atoms with van der Waals surface area (Å²) >= 11 is 0. The highest BCUT2D eigenvalue weighted by molar-refractivity contribution is 6.09. The number of rotatable bonds is 1. The van der Waals surface area contributed by atoms with E-state index in [9.17, 15) is 9.59 Å². The van der Waals surface area contributed by atoms with Crippen LogP contribution < -0.4 is 5.32 Å². The highest BCUT2D eigenvalue weighted by Crippen LogP contribution is 2.60. The highest BCUT2D eigenvalue weighted by atomic mass is 16.2. The minimum atomic E-state index is 0.0463. The van der Waals surface area contributed by atoms with E-state index in [-0.39, 0.29) is 5.91 Å². The molecule has 0 aromatic heterocycles. The topological polar surface area (TPSA) is 46.2 Å². The first-order chi connectivity index (χ1) is 11.5. The number of hydrogen-bond acceptors (Lipinski definition) is 2. The van der Waals surface area contributed by atoms with Crippen molar-refractivity contribution in [2.75, 3.05) is 0 Å². The summed E-state index contributed by atoms with van der Waals surface area (Å²) in [4.78, 5) is 22.1. The molecule has 24 heavy (non-hydrogen) atoms. The summed E-state index contributed by atoms with van der Waals surface area (Å²) in [6.45, 7) is 4.64. The first kappa shape index (κ1) is 15.6. The van der Waals surface area contributed by atoms with Gasteiger partial charge in [0.15, 0.2) is 0 Å². The lowest BCUT2D eigenvalue weighted by atomic mass is 9.46. The van der Waals surface area contributed by atoms with E-state index in [1.165, 1.54) is 24.7 Å². The smallest absolute Gasteiger partial charge is 0.256 e. The number of fused-ring (bicyclic) bond motifs is 3. The predicted molar refractivity (Wildman–Crippen MR) is 94.2 cm³/mol. The Kier molecular flexibility index (Phi) is 3.63. The highest BCUT2D eigenvalue weighted by Gasteiger charge is 2.53. The maximum absolute atomic E-state index is 11.5. The zero-order valence-electron chi connectivity index (χ0n) is 14.5. The quantitative estimate of drug-likeness (QED) is 0.788. The molecule has 3 atom stereocenters. The molecule has 4 fully saturated rings. The molecular formula is C21H25NO2. The largest absolute Gasteiger partial charge is 0.321 e. The van der Waals surface area contributed by atoms with Crippen molar-refractivity contribution in [3.8, 4) is 0 Å². The van der Waals surface area contributed by atoms with Crippen molar-refractivity contribution in [3.63, 3.8) is 0 Å². The van der Waals surface area contributed by atoms with E-state index in [1.807, 2.05) is 24.3 Å². The van der Waals surface area contributed by atoms with E-state index in [0.717, 1.165) is 42.0 Å². The maximum atomic E-state index is 11.5. The summed E-state index contributed by atoms with van der Waals surface area (Å²) in [5, 5.41) is 2.92. The van der Waals surface area contributed by atoms with Gasteiger partial charge in [0.25, 0.3) is 5.91 Å². The molecule has 1 heterocycles. The summed E-state index contributed by atoms with van der Waals surface area (Å²) in [7, 11) is 0. The second kappa shape index (κ2) is 5.58. The van der Waals surface area contributed by atoms with Crippen LogP contribution in [0.25, 0.3) is 5.70 Å². The molecule has 1 amide bonds. The third kappa shape index (κ3) is 2.42. The second-order valence-electron chi connectivity index (χ2n) is 8.22. The number of hydrogen-bond donors (Lipinski definition) is 1. The van der Waals surface area contributed by atoms with Crippen LogP contribution in [0.3, 0.4) is 0 Å². The molecule has 1 aromatic rings. The van der Waals surface area contributed by atoms with Gasteiger partial charge >= 0.3 is 0 Å². The average Bonchev–Trinajstić information content (AvgIpc) is 3.40. The Bertz CT molecular complexity index is 723. The van der Waals surface area contributed by atoms with Gasteiger partial charge in [0, 0.05) is 22.7 Å². The van der Waals surface area contributed by atoms with E-state index in [0.29, 0.717) is 17.3 Å². The Balaban J connectivity index is 0.000000123. The van der Waals surface area contributed by atoms with Gasteiger partial charge in [-0.25, -0.2) is 0 Å². The molecule has 6 rings (SSSR count). The van der Waals surface area contributed by atoms with Crippen molar-refractivity contribution in [2.24, 2.45) is 23.2 Å². The Hall–Kier alpha value is -1.90. The molecule has 0 spiro atoms. The number of amides is 1. The van der Waals surface area contributed by atoms with Crippen molar-refractivity contribution in [1.29, 1.82) is 0 Å². The van der Waals surface area contributed by atoms with Gasteiger partial charge in [0.2, 0.25) is 0 Å². The molecule has 0 radical (unpaired) electrons. The fraction of sp³-hybridized carbons (Fsp3) is 0.524. The maximum Gasteiger partial charge on any atom is 0.256 e. The van der Waals surface area contributed by atoms with Crippen molar-refractivity contribution in [1.82, 2.24) is 5.32 Å². The van der Waals surface area contributed by atoms with Gasteiger partial charge in [-0.2, -0.15) is 0 Å². The second-order valence-corrected chi connectivity index (χ2v) is 8.22. The molecular weight excluding hydrogens is 298 g/mol. The molecule has 3 nitrogen and oxygen atoms in total. The Labute approximate surface area is 143 Å². The monoisotopic (exact) mass is 323 g/mol. The lowest BCUT2D eigenvalue weighted by Gasteiger charge is -2.59. The summed E-state index contributed by atoms with van der Waals surface area (Å²) in [6.07, 6.45) is 7.22. The van der Waals surface area contributed by atoms with Crippen LogP contribution in [0.4, 0.5) is 0 Å². The van der Waals surface area contributed by atoms with E-state index in [2.05, 4.69) is 19.2 Å². The summed E-state index contributed by atoms with van der Waals surface area (Å²) in [5.41, 5.74) is 4.83.